The summed E-state index contributed by atoms with van der Waals surface area (Å²) in [5.41, 5.74) is 2.63. The van der Waals surface area contributed by atoms with Crippen molar-refractivity contribution in [1.82, 2.24) is 13.9 Å². The molecule has 1 N–H and O–H groups in total. The fraction of sp³-hybridized carbons (Fsp3) is 0.333. The highest BCUT2D eigenvalue weighted by atomic mass is 32.2. The van der Waals surface area contributed by atoms with Crippen LogP contribution in [-0.4, -0.2) is 50.9 Å². The Morgan fingerprint density at radius 3 is 2.64 bits per heavy atom. The number of imidazole rings is 1. The summed E-state index contributed by atoms with van der Waals surface area (Å²) in [6.45, 7) is 2.24. The minimum atomic E-state index is -4.06. The number of hydrogen-bond donors (Lipinski definition) is 1. The van der Waals surface area contributed by atoms with Crippen LogP contribution in [0.3, 0.4) is 0 Å². The van der Waals surface area contributed by atoms with Gasteiger partial charge in [-0.25, -0.2) is 13.4 Å². The summed E-state index contributed by atoms with van der Waals surface area (Å²) in [4.78, 5) is 26.3. The first kappa shape index (κ1) is 28.2. The van der Waals surface area contributed by atoms with Crippen LogP contribution in [0.2, 0.25) is 0 Å². The number of piperidine rings is 1. The molecule has 2 heterocycles. The van der Waals surface area contributed by atoms with E-state index in [4.69, 9.17) is 0 Å². The molecule has 0 radical (unpaired) electrons. The van der Waals surface area contributed by atoms with E-state index in [1.807, 2.05) is 6.92 Å². The summed E-state index contributed by atoms with van der Waals surface area (Å²) in [5, 5.41) is 27.8. The van der Waals surface area contributed by atoms with Crippen molar-refractivity contribution in [2.45, 2.75) is 53.6 Å². The Hall–Kier alpha value is -3.82. The SMILES string of the molecule is CC[C@H]1CCCCN1S(=O)(=O)c1cc([N+](=O)[O-])ccc1N/N=C\c1ccc(Sc2nccn2C)c([N+](=O)[O-])c1. The monoisotopic (exact) mass is 573 g/mol. The molecule has 206 valence electrons. The molecule has 0 aliphatic carbocycles. The lowest BCUT2D eigenvalue weighted by molar-refractivity contribution is -0.387. The van der Waals surface area contributed by atoms with Gasteiger partial charge in [0, 0.05) is 55.8 Å². The number of sulfonamides is 1. The Morgan fingerprint density at radius 1 is 1.18 bits per heavy atom. The molecule has 0 unspecified atom stereocenters. The van der Waals surface area contributed by atoms with E-state index in [9.17, 15) is 28.6 Å². The van der Waals surface area contributed by atoms with Crippen LogP contribution in [0, 0.1) is 20.2 Å². The third-order valence-electron chi connectivity index (χ3n) is 6.36. The first-order valence-electron chi connectivity index (χ1n) is 12.1. The number of benzene rings is 2. The Labute approximate surface area is 229 Å². The summed E-state index contributed by atoms with van der Waals surface area (Å²) in [6, 6.07) is 7.90. The van der Waals surface area contributed by atoms with Crippen LogP contribution < -0.4 is 5.43 Å². The number of rotatable bonds is 10. The predicted molar refractivity (Wildman–Crippen MR) is 147 cm³/mol. The number of aryl methyl sites for hydroxylation is 1. The van der Waals surface area contributed by atoms with Gasteiger partial charge in [0.25, 0.3) is 11.4 Å². The molecule has 1 saturated heterocycles. The lowest BCUT2D eigenvalue weighted by Crippen LogP contribution is -2.43. The van der Waals surface area contributed by atoms with Crippen molar-refractivity contribution in [3.63, 3.8) is 0 Å². The Kier molecular flexibility index (Phi) is 8.62. The first-order chi connectivity index (χ1) is 18.6. The van der Waals surface area contributed by atoms with Gasteiger partial charge in [0.2, 0.25) is 10.0 Å². The molecule has 0 amide bonds. The quantitative estimate of drug-likeness (QED) is 0.204. The Morgan fingerprint density at radius 2 is 1.97 bits per heavy atom. The van der Waals surface area contributed by atoms with E-state index in [-0.39, 0.29) is 28.0 Å². The maximum Gasteiger partial charge on any atom is 0.283 e. The molecule has 0 spiro atoms. The van der Waals surface area contributed by atoms with Gasteiger partial charge in [0.15, 0.2) is 5.16 Å². The molecule has 1 atom stereocenters. The molecule has 1 aliphatic heterocycles. The molecule has 3 aromatic rings. The van der Waals surface area contributed by atoms with E-state index in [2.05, 4.69) is 15.5 Å². The van der Waals surface area contributed by atoms with Gasteiger partial charge in [-0.3, -0.25) is 25.7 Å². The molecular formula is C24H27N7O6S2. The maximum absolute atomic E-state index is 13.6. The van der Waals surface area contributed by atoms with Crippen molar-refractivity contribution >= 4 is 45.1 Å². The van der Waals surface area contributed by atoms with Crippen LogP contribution in [-0.2, 0) is 17.1 Å². The molecule has 1 fully saturated rings. The lowest BCUT2D eigenvalue weighted by atomic mass is 10.0. The second-order valence-corrected chi connectivity index (χ2v) is 11.8. The third-order valence-corrected chi connectivity index (χ3v) is 9.50. The van der Waals surface area contributed by atoms with Gasteiger partial charge < -0.3 is 4.57 Å². The van der Waals surface area contributed by atoms with E-state index >= 15 is 0 Å². The summed E-state index contributed by atoms with van der Waals surface area (Å²) < 4.78 is 30.4. The van der Waals surface area contributed by atoms with Crippen LogP contribution in [0.5, 0.6) is 0 Å². The highest BCUT2D eigenvalue weighted by molar-refractivity contribution is 7.99. The van der Waals surface area contributed by atoms with Crippen molar-refractivity contribution in [3.05, 3.63) is 74.6 Å². The topological polar surface area (TPSA) is 166 Å². The summed E-state index contributed by atoms with van der Waals surface area (Å²) >= 11 is 1.15. The minimum absolute atomic E-state index is 0.0636. The molecule has 13 nitrogen and oxygen atoms in total. The molecule has 15 heteroatoms. The van der Waals surface area contributed by atoms with Crippen LogP contribution in [0.4, 0.5) is 17.1 Å². The Balaban J connectivity index is 1.62. The normalized spacial score (nSPS) is 16.4. The fourth-order valence-electron chi connectivity index (χ4n) is 4.32. The van der Waals surface area contributed by atoms with Gasteiger partial charge in [-0.2, -0.15) is 9.41 Å². The number of non-ortho nitro benzene ring substituents is 1. The zero-order valence-corrected chi connectivity index (χ0v) is 22.9. The standard InChI is InChI=1S/C24H27N7O6S2/c1-3-18-6-4-5-12-29(18)39(36,37)23-15-19(30(32)33)8-9-20(23)27-26-16-17-7-10-22(21(14-17)31(34)35)38-24-25-11-13-28(24)2/h7-11,13-16,18,27H,3-6,12H2,1-2H3/b26-16-/t18-/m0/s1. The largest absolute Gasteiger partial charge is 0.329 e. The molecule has 39 heavy (non-hydrogen) atoms. The predicted octanol–water partition coefficient (Wildman–Crippen LogP) is 4.79. The number of anilines is 1. The number of hydrogen-bond acceptors (Lipinski definition) is 10. The third kappa shape index (κ3) is 6.26. The molecule has 0 saturated carbocycles. The molecule has 1 aromatic heterocycles. The highest BCUT2D eigenvalue weighted by Gasteiger charge is 2.35. The Bertz CT molecular complexity index is 1520. The van der Waals surface area contributed by atoms with E-state index in [1.165, 1.54) is 28.7 Å². The van der Waals surface area contributed by atoms with Gasteiger partial charge in [-0.15, -0.1) is 0 Å². The van der Waals surface area contributed by atoms with Crippen LogP contribution in [0.25, 0.3) is 0 Å². The van der Waals surface area contributed by atoms with Gasteiger partial charge in [-0.05, 0) is 43.2 Å². The number of nitro groups is 2. The molecular weight excluding hydrogens is 546 g/mol. The van der Waals surface area contributed by atoms with Crippen LogP contribution in [0.1, 0.15) is 38.2 Å². The van der Waals surface area contributed by atoms with Gasteiger partial charge in [-0.1, -0.05) is 19.4 Å². The van der Waals surface area contributed by atoms with Crippen molar-refractivity contribution in [2.75, 3.05) is 12.0 Å². The van der Waals surface area contributed by atoms with Crippen molar-refractivity contribution in [2.24, 2.45) is 12.1 Å². The summed E-state index contributed by atoms with van der Waals surface area (Å²) in [6.07, 6.45) is 7.62. The smallest absolute Gasteiger partial charge is 0.283 e. The second-order valence-electron chi connectivity index (χ2n) is 8.89. The van der Waals surface area contributed by atoms with Crippen molar-refractivity contribution < 1.29 is 18.3 Å². The highest BCUT2D eigenvalue weighted by Crippen LogP contribution is 2.35. The minimum Gasteiger partial charge on any atom is -0.329 e. The lowest BCUT2D eigenvalue weighted by Gasteiger charge is -2.34. The van der Waals surface area contributed by atoms with Crippen molar-refractivity contribution in [3.8, 4) is 0 Å². The maximum atomic E-state index is 13.6. The van der Waals surface area contributed by atoms with Gasteiger partial charge in [0.1, 0.15) is 4.90 Å². The van der Waals surface area contributed by atoms with Crippen LogP contribution in [0.15, 0.2) is 68.8 Å². The molecule has 1 aliphatic rings. The van der Waals surface area contributed by atoms with E-state index in [0.717, 1.165) is 30.7 Å². The fourth-order valence-corrected chi connectivity index (χ4v) is 7.14. The molecule has 4 rings (SSSR count). The van der Waals surface area contributed by atoms with E-state index in [1.54, 1.807) is 36.1 Å². The number of aromatic nitrogens is 2. The zero-order valence-electron chi connectivity index (χ0n) is 21.3. The number of hydrazone groups is 1. The second kappa shape index (κ2) is 11.9. The average molecular weight is 574 g/mol. The van der Waals surface area contributed by atoms with Crippen LogP contribution >= 0.6 is 11.8 Å². The first-order valence-corrected chi connectivity index (χ1v) is 14.4. The van der Waals surface area contributed by atoms with E-state index < -0.39 is 19.9 Å². The van der Waals surface area contributed by atoms with E-state index in [0.29, 0.717) is 35.0 Å². The number of nitrogens with one attached hydrogen (secondary N) is 1. The molecule has 0 bridgehead atoms. The zero-order chi connectivity index (χ0) is 28.2. The van der Waals surface area contributed by atoms with Gasteiger partial charge in [0.05, 0.1) is 26.6 Å². The van der Waals surface area contributed by atoms with Crippen molar-refractivity contribution in [1.29, 1.82) is 0 Å². The number of nitrogens with zero attached hydrogens (tertiary/aromatic N) is 6. The molecule has 2 aromatic carbocycles. The summed E-state index contributed by atoms with van der Waals surface area (Å²) in [7, 11) is -2.28. The van der Waals surface area contributed by atoms with Gasteiger partial charge >= 0.3 is 0 Å². The summed E-state index contributed by atoms with van der Waals surface area (Å²) in [5.74, 6) is 0. The average Bonchev–Trinajstić information content (AvgIpc) is 3.33. The number of nitro benzene ring substituents is 2.